The Kier molecular flexibility index (Phi) is 4.06. The van der Waals surface area contributed by atoms with E-state index in [-0.39, 0.29) is 24.0 Å². The van der Waals surface area contributed by atoms with Crippen LogP contribution in [0.3, 0.4) is 0 Å². The van der Waals surface area contributed by atoms with E-state index in [0.717, 1.165) is 6.54 Å². The van der Waals surface area contributed by atoms with Crippen molar-refractivity contribution in [3.8, 4) is 0 Å². The van der Waals surface area contributed by atoms with Crippen molar-refractivity contribution in [1.82, 2.24) is 9.90 Å². The highest BCUT2D eigenvalue weighted by Gasteiger charge is 2.01. The molecule has 0 aliphatic heterocycles. The third-order valence-electron chi connectivity index (χ3n) is 1.90. The Labute approximate surface area is 100 Å². The van der Waals surface area contributed by atoms with Crippen LogP contribution >= 0.6 is 0 Å². The Morgan fingerprint density at radius 2 is 2.00 bits per heavy atom. The fraction of sp³-hybridized carbons (Fsp3) is 0.200. The standard InChI is InChI=1S/C10H12N3.HI/c1-12-7-8-13(11-12)9-10-5-3-2-4-6-10;/h2-8H,9H2,1H3;1H/q+1;/p-1. The zero-order chi connectivity index (χ0) is 9.10. The Bertz CT molecular complexity index is 383. The first-order valence-corrected chi connectivity index (χ1v) is 4.28. The lowest BCUT2D eigenvalue weighted by Gasteiger charge is -1.93. The number of benzene rings is 1. The van der Waals surface area contributed by atoms with E-state index in [1.165, 1.54) is 5.56 Å². The molecule has 0 N–H and O–H groups in total. The fourth-order valence-electron chi connectivity index (χ4n) is 1.27. The monoisotopic (exact) mass is 301 g/mol. The topological polar surface area (TPSA) is 21.7 Å². The van der Waals surface area contributed by atoms with E-state index in [4.69, 9.17) is 0 Å². The zero-order valence-corrected chi connectivity index (χ0v) is 10.1. The van der Waals surface area contributed by atoms with Crippen LogP contribution in [0.5, 0.6) is 0 Å². The molecule has 0 aliphatic rings. The van der Waals surface area contributed by atoms with E-state index in [0.29, 0.717) is 0 Å². The summed E-state index contributed by atoms with van der Waals surface area (Å²) < 4.78 is 3.71. The molecule has 74 valence electrons. The summed E-state index contributed by atoms with van der Waals surface area (Å²) in [5.41, 5.74) is 1.27. The average Bonchev–Trinajstić information content (AvgIpc) is 2.53. The highest BCUT2D eigenvalue weighted by molar-refractivity contribution is 5.14. The molecule has 0 amide bonds. The molecular formula is C10H12IN3. The Hall–Kier alpha value is -0.910. The third-order valence-corrected chi connectivity index (χ3v) is 1.90. The van der Waals surface area contributed by atoms with Crippen molar-refractivity contribution >= 4 is 0 Å². The van der Waals surface area contributed by atoms with Crippen LogP contribution in [0, 0.1) is 0 Å². The molecule has 3 nitrogen and oxygen atoms in total. The van der Waals surface area contributed by atoms with Gasteiger partial charge in [0.15, 0.2) is 12.4 Å². The summed E-state index contributed by atoms with van der Waals surface area (Å²) >= 11 is 0. The summed E-state index contributed by atoms with van der Waals surface area (Å²) in [6, 6.07) is 10.3. The highest BCUT2D eigenvalue weighted by atomic mass is 127. The Morgan fingerprint density at radius 3 is 2.57 bits per heavy atom. The molecule has 0 bridgehead atoms. The summed E-state index contributed by atoms with van der Waals surface area (Å²) in [5.74, 6) is 0. The molecule has 0 fully saturated rings. The summed E-state index contributed by atoms with van der Waals surface area (Å²) in [4.78, 5) is 0. The molecule has 0 radical (unpaired) electrons. The van der Waals surface area contributed by atoms with Crippen LogP contribution in [-0.2, 0) is 13.6 Å². The van der Waals surface area contributed by atoms with E-state index in [1.54, 1.807) is 4.68 Å². The second-order valence-corrected chi connectivity index (χ2v) is 3.04. The van der Waals surface area contributed by atoms with Crippen LogP contribution < -0.4 is 28.7 Å². The lowest BCUT2D eigenvalue weighted by atomic mass is 10.2. The summed E-state index contributed by atoms with van der Waals surface area (Å²) in [7, 11) is 1.92. The van der Waals surface area contributed by atoms with Crippen molar-refractivity contribution in [2.75, 3.05) is 0 Å². The molecule has 0 spiro atoms. The molecule has 1 heterocycles. The van der Waals surface area contributed by atoms with Crippen molar-refractivity contribution in [2.45, 2.75) is 6.54 Å². The van der Waals surface area contributed by atoms with E-state index in [1.807, 2.05) is 42.3 Å². The van der Waals surface area contributed by atoms with Crippen LogP contribution in [0.1, 0.15) is 5.56 Å². The fourth-order valence-corrected chi connectivity index (χ4v) is 1.27. The zero-order valence-electron chi connectivity index (χ0n) is 7.97. The van der Waals surface area contributed by atoms with Gasteiger partial charge >= 0.3 is 0 Å². The molecule has 1 aromatic carbocycles. The first-order valence-electron chi connectivity index (χ1n) is 4.28. The molecule has 2 rings (SSSR count). The minimum Gasteiger partial charge on any atom is -1.00 e. The lowest BCUT2D eigenvalue weighted by Crippen LogP contribution is -3.00. The second-order valence-electron chi connectivity index (χ2n) is 3.04. The maximum Gasteiger partial charge on any atom is 0.155 e. The van der Waals surface area contributed by atoms with Crippen LogP contribution in [-0.4, -0.2) is 9.90 Å². The molecule has 4 heteroatoms. The molecule has 0 aliphatic carbocycles. The van der Waals surface area contributed by atoms with E-state index in [2.05, 4.69) is 17.3 Å². The van der Waals surface area contributed by atoms with Crippen molar-refractivity contribution in [2.24, 2.45) is 7.05 Å². The number of aromatic nitrogens is 3. The van der Waals surface area contributed by atoms with Gasteiger partial charge in [-0.05, 0) is 5.56 Å². The van der Waals surface area contributed by atoms with Crippen LogP contribution in [0.25, 0.3) is 0 Å². The minimum atomic E-state index is 0. The molecule has 1 aromatic heterocycles. The maximum absolute atomic E-state index is 4.24. The molecule has 0 saturated heterocycles. The molecule has 0 unspecified atom stereocenters. The van der Waals surface area contributed by atoms with Crippen molar-refractivity contribution in [3.63, 3.8) is 0 Å². The van der Waals surface area contributed by atoms with Crippen LogP contribution in [0.4, 0.5) is 0 Å². The van der Waals surface area contributed by atoms with Gasteiger partial charge in [0.2, 0.25) is 0 Å². The number of nitrogens with zero attached hydrogens (tertiary/aromatic N) is 3. The third kappa shape index (κ3) is 2.80. The largest absolute Gasteiger partial charge is 1.00 e. The van der Waals surface area contributed by atoms with Gasteiger partial charge in [0.05, 0.1) is 5.21 Å². The minimum absolute atomic E-state index is 0. The van der Waals surface area contributed by atoms with Gasteiger partial charge in [-0.15, -0.1) is 9.36 Å². The van der Waals surface area contributed by atoms with Gasteiger partial charge in [0.1, 0.15) is 13.6 Å². The normalized spacial score (nSPS) is 9.50. The van der Waals surface area contributed by atoms with Crippen molar-refractivity contribution in [1.29, 1.82) is 0 Å². The maximum atomic E-state index is 4.24. The first kappa shape index (κ1) is 11.2. The van der Waals surface area contributed by atoms with Gasteiger partial charge in [0.25, 0.3) is 0 Å². The lowest BCUT2D eigenvalue weighted by molar-refractivity contribution is -0.732. The number of aryl methyl sites for hydroxylation is 1. The van der Waals surface area contributed by atoms with Gasteiger partial charge in [-0.1, -0.05) is 30.3 Å². The molecule has 0 atom stereocenters. The molecule has 14 heavy (non-hydrogen) atoms. The number of halogens is 1. The summed E-state index contributed by atoms with van der Waals surface area (Å²) in [5, 5.41) is 4.24. The van der Waals surface area contributed by atoms with Gasteiger partial charge in [-0.25, -0.2) is 0 Å². The Morgan fingerprint density at radius 1 is 1.29 bits per heavy atom. The SMILES string of the molecule is C[n+]1ccn(Cc2ccccc2)n1.[I-]. The molecule has 0 saturated carbocycles. The van der Waals surface area contributed by atoms with Crippen molar-refractivity contribution < 1.29 is 28.7 Å². The Balaban J connectivity index is 0.000000980. The van der Waals surface area contributed by atoms with Gasteiger partial charge < -0.3 is 24.0 Å². The molecular weight excluding hydrogens is 289 g/mol. The van der Waals surface area contributed by atoms with Gasteiger partial charge in [-0.2, -0.15) is 0 Å². The highest BCUT2D eigenvalue weighted by Crippen LogP contribution is 1.99. The van der Waals surface area contributed by atoms with E-state index >= 15 is 0 Å². The molecule has 2 aromatic rings. The van der Waals surface area contributed by atoms with E-state index in [9.17, 15) is 0 Å². The number of hydrogen-bond donors (Lipinski definition) is 0. The first-order chi connectivity index (χ1) is 6.34. The summed E-state index contributed by atoms with van der Waals surface area (Å²) in [6.07, 6.45) is 3.90. The van der Waals surface area contributed by atoms with Crippen molar-refractivity contribution in [3.05, 3.63) is 48.3 Å². The summed E-state index contributed by atoms with van der Waals surface area (Å²) in [6.45, 7) is 0.835. The average molecular weight is 301 g/mol. The predicted molar refractivity (Wildman–Crippen MR) is 48.9 cm³/mol. The van der Waals surface area contributed by atoms with E-state index < -0.39 is 0 Å². The number of hydrogen-bond acceptors (Lipinski definition) is 1. The van der Waals surface area contributed by atoms with Crippen LogP contribution in [0.15, 0.2) is 42.7 Å². The van der Waals surface area contributed by atoms with Gasteiger partial charge in [0, 0.05) is 0 Å². The van der Waals surface area contributed by atoms with Crippen LogP contribution in [0.2, 0.25) is 0 Å². The number of rotatable bonds is 2. The second kappa shape index (κ2) is 5.09. The smallest absolute Gasteiger partial charge is 0.155 e. The predicted octanol–water partition coefficient (Wildman–Crippen LogP) is -2.24. The van der Waals surface area contributed by atoms with Gasteiger partial charge in [-0.3, -0.25) is 0 Å². The quantitative estimate of drug-likeness (QED) is 0.454.